The van der Waals surface area contributed by atoms with Crippen molar-refractivity contribution in [1.82, 2.24) is 14.0 Å². The number of fused-ring (bicyclic) bond motifs is 2. The molecule has 0 aliphatic rings. The molecule has 0 N–H and O–H groups in total. The van der Waals surface area contributed by atoms with Crippen LogP contribution >= 0.6 is 11.3 Å². The van der Waals surface area contributed by atoms with Gasteiger partial charge < -0.3 is 4.57 Å². The first-order chi connectivity index (χ1) is 15.9. The third-order valence-corrected chi connectivity index (χ3v) is 7.28. The lowest BCUT2D eigenvalue weighted by molar-refractivity contribution is 0.804. The molecule has 6 heteroatoms. The maximum Gasteiger partial charge on any atom is 0.277 e. The van der Waals surface area contributed by atoms with Crippen LogP contribution in [0.4, 0.5) is 0 Å². The molecule has 0 amide bonds. The lowest BCUT2D eigenvalue weighted by Gasteiger charge is -2.08. The Hall–Kier alpha value is -3.51. The summed E-state index contributed by atoms with van der Waals surface area (Å²) in [5, 5.41) is 1.10. The zero-order chi connectivity index (χ0) is 23.3. The molecule has 5 aromatic rings. The summed E-state index contributed by atoms with van der Waals surface area (Å²) in [6, 6.07) is 16.8. The van der Waals surface area contributed by atoms with E-state index >= 15 is 0 Å². The van der Waals surface area contributed by atoms with Crippen LogP contribution in [0.15, 0.2) is 58.1 Å². The number of rotatable bonds is 4. The molecule has 166 valence electrons. The molecule has 33 heavy (non-hydrogen) atoms. The van der Waals surface area contributed by atoms with Gasteiger partial charge in [0.15, 0.2) is 0 Å². The van der Waals surface area contributed by atoms with E-state index in [1.54, 1.807) is 0 Å². The van der Waals surface area contributed by atoms with Crippen molar-refractivity contribution >= 4 is 33.3 Å². The van der Waals surface area contributed by atoms with Crippen molar-refractivity contribution in [3.63, 3.8) is 0 Å². The maximum atomic E-state index is 13.2. The Morgan fingerprint density at radius 1 is 1.00 bits per heavy atom. The second-order valence-corrected chi connectivity index (χ2v) is 9.47. The van der Waals surface area contributed by atoms with Crippen molar-refractivity contribution in [3.8, 4) is 0 Å². The smallest absolute Gasteiger partial charge is 0.277 e. The first-order valence-electron chi connectivity index (χ1n) is 11.1. The van der Waals surface area contributed by atoms with Crippen LogP contribution in [0.3, 0.4) is 0 Å². The Balaban J connectivity index is 1.78. The fourth-order valence-electron chi connectivity index (χ4n) is 4.54. The summed E-state index contributed by atoms with van der Waals surface area (Å²) in [6.07, 6.45) is 2.49. The van der Waals surface area contributed by atoms with Gasteiger partial charge in [-0.2, -0.15) is 0 Å². The molecule has 5 nitrogen and oxygen atoms in total. The number of benzene rings is 2. The molecule has 0 spiro atoms. The summed E-state index contributed by atoms with van der Waals surface area (Å²) < 4.78 is 4.04. The molecule has 5 rings (SSSR count). The lowest BCUT2D eigenvalue weighted by Crippen LogP contribution is -2.33. The van der Waals surface area contributed by atoms with Crippen molar-refractivity contribution < 1.29 is 0 Å². The number of thiazole rings is 1. The third kappa shape index (κ3) is 3.51. The number of hydrogen-bond donors (Lipinski definition) is 0. The molecule has 0 radical (unpaired) electrons. The van der Waals surface area contributed by atoms with Crippen molar-refractivity contribution in [3.05, 3.63) is 107 Å². The highest BCUT2D eigenvalue weighted by atomic mass is 32.1. The summed E-state index contributed by atoms with van der Waals surface area (Å²) >= 11 is 1.28. The molecular formula is C27H25N3O2S. The number of nitrogens with zero attached hydrogens (tertiary/aromatic N) is 3. The van der Waals surface area contributed by atoms with Crippen LogP contribution in [-0.2, 0) is 13.0 Å². The third-order valence-electron chi connectivity index (χ3n) is 6.31. The van der Waals surface area contributed by atoms with Gasteiger partial charge in [0.25, 0.3) is 11.1 Å². The van der Waals surface area contributed by atoms with E-state index in [2.05, 4.69) is 53.7 Å². The standard InChI is InChI=1S/C27H25N3O2S/c1-5-20-17(3)28-27-30(25(20)31)26(32)24(33-27)14-21-18(4)29(15-19-9-7-6-8-10-19)23-12-11-16(2)13-22(21)23/h6-14H,5,15H2,1-4H3/b24-14-. The van der Waals surface area contributed by atoms with Crippen LogP contribution in [0.2, 0.25) is 0 Å². The molecule has 0 fully saturated rings. The highest BCUT2D eigenvalue weighted by molar-refractivity contribution is 7.15. The minimum atomic E-state index is -0.293. The molecule has 0 saturated carbocycles. The van der Waals surface area contributed by atoms with E-state index in [9.17, 15) is 9.59 Å². The largest absolute Gasteiger partial charge is 0.340 e. The predicted octanol–water partition coefficient (Wildman–Crippen LogP) is 4.15. The average molecular weight is 456 g/mol. The Morgan fingerprint density at radius 2 is 1.76 bits per heavy atom. The Morgan fingerprint density at radius 3 is 2.48 bits per heavy atom. The molecule has 0 atom stereocenters. The van der Waals surface area contributed by atoms with Gasteiger partial charge in [0.2, 0.25) is 4.96 Å². The van der Waals surface area contributed by atoms with Crippen LogP contribution in [-0.4, -0.2) is 14.0 Å². The monoisotopic (exact) mass is 455 g/mol. The van der Waals surface area contributed by atoms with Gasteiger partial charge in [-0.05, 0) is 51.0 Å². The van der Waals surface area contributed by atoms with E-state index in [1.165, 1.54) is 21.3 Å². The van der Waals surface area contributed by atoms with Gasteiger partial charge in [-0.1, -0.05) is 60.2 Å². The van der Waals surface area contributed by atoms with Gasteiger partial charge in [-0.25, -0.2) is 9.38 Å². The van der Waals surface area contributed by atoms with Gasteiger partial charge in [0.1, 0.15) is 0 Å². The van der Waals surface area contributed by atoms with E-state index in [0.29, 0.717) is 27.2 Å². The van der Waals surface area contributed by atoms with E-state index in [4.69, 9.17) is 0 Å². The van der Waals surface area contributed by atoms with Crippen molar-refractivity contribution in [1.29, 1.82) is 0 Å². The molecule has 2 aromatic carbocycles. The van der Waals surface area contributed by atoms with Gasteiger partial charge in [-0.3, -0.25) is 9.59 Å². The van der Waals surface area contributed by atoms with Gasteiger partial charge in [0, 0.05) is 40.0 Å². The van der Waals surface area contributed by atoms with Gasteiger partial charge >= 0.3 is 0 Å². The lowest BCUT2D eigenvalue weighted by atomic mass is 10.1. The average Bonchev–Trinajstić information content (AvgIpc) is 3.23. The fraction of sp³-hybridized carbons (Fsp3) is 0.222. The van der Waals surface area contributed by atoms with Crippen LogP contribution < -0.4 is 15.7 Å². The quantitative estimate of drug-likeness (QED) is 0.409. The molecule has 0 aliphatic carbocycles. The van der Waals surface area contributed by atoms with Crippen molar-refractivity contribution in [2.45, 2.75) is 40.7 Å². The molecule has 0 saturated heterocycles. The molecule has 3 heterocycles. The normalized spacial score (nSPS) is 12.3. The molecule has 0 aliphatic heterocycles. The van der Waals surface area contributed by atoms with Crippen LogP contribution in [0.1, 0.15) is 40.6 Å². The minimum Gasteiger partial charge on any atom is -0.340 e. The van der Waals surface area contributed by atoms with E-state index in [-0.39, 0.29) is 11.1 Å². The highest BCUT2D eigenvalue weighted by Gasteiger charge is 2.16. The molecule has 0 bridgehead atoms. The fourth-order valence-corrected chi connectivity index (χ4v) is 5.53. The summed E-state index contributed by atoms with van der Waals surface area (Å²) in [4.78, 5) is 31.1. The van der Waals surface area contributed by atoms with Crippen molar-refractivity contribution in [2.75, 3.05) is 0 Å². The Kier molecular flexibility index (Phi) is 5.25. The topological polar surface area (TPSA) is 56.4 Å². The Bertz CT molecular complexity index is 1690. The first-order valence-corrected chi connectivity index (χ1v) is 11.9. The number of aryl methyl sites for hydroxylation is 2. The van der Waals surface area contributed by atoms with Gasteiger partial charge in [-0.15, -0.1) is 0 Å². The maximum absolute atomic E-state index is 13.2. The van der Waals surface area contributed by atoms with Crippen LogP contribution in [0, 0.1) is 20.8 Å². The van der Waals surface area contributed by atoms with Crippen LogP contribution in [0.5, 0.6) is 0 Å². The molecular weight excluding hydrogens is 430 g/mol. The van der Waals surface area contributed by atoms with E-state index in [0.717, 1.165) is 34.3 Å². The summed E-state index contributed by atoms with van der Waals surface area (Å²) in [5.41, 5.74) is 6.35. The second kappa shape index (κ2) is 8.12. The summed E-state index contributed by atoms with van der Waals surface area (Å²) in [7, 11) is 0. The number of aromatic nitrogens is 3. The summed E-state index contributed by atoms with van der Waals surface area (Å²) in [6.45, 7) is 8.65. The highest BCUT2D eigenvalue weighted by Crippen LogP contribution is 2.28. The van der Waals surface area contributed by atoms with E-state index < -0.39 is 0 Å². The van der Waals surface area contributed by atoms with Crippen LogP contribution in [0.25, 0.3) is 21.9 Å². The van der Waals surface area contributed by atoms with Crippen molar-refractivity contribution in [2.24, 2.45) is 0 Å². The summed E-state index contributed by atoms with van der Waals surface area (Å²) in [5.74, 6) is 0. The minimum absolute atomic E-state index is 0.250. The molecule has 3 aromatic heterocycles. The first kappa shape index (κ1) is 21.3. The zero-order valence-corrected chi connectivity index (χ0v) is 20.0. The zero-order valence-electron chi connectivity index (χ0n) is 19.2. The number of hydrogen-bond acceptors (Lipinski definition) is 4. The second-order valence-electron chi connectivity index (χ2n) is 8.46. The predicted molar refractivity (Wildman–Crippen MR) is 135 cm³/mol. The van der Waals surface area contributed by atoms with Gasteiger partial charge in [0.05, 0.1) is 4.53 Å². The van der Waals surface area contributed by atoms with E-state index in [1.807, 2.05) is 38.1 Å². The SMILES string of the molecule is CCc1c(C)nc2s/c(=C\c3c(C)n(Cc4ccccc4)c4ccc(C)cc34)c(=O)n2c1=O. The molecule has 0 unspecified atom stereocenters. The Labute approximate surface area is 195 Å².